The van der Waals surface area contributed by atoms with Crippen molar-refractivity contribution >= 4 is 0 Å². The third kappa shape index (κ3) is 12.7. The summed E-state index contributed by atoms with van der Waals surface area (Å²) in [6.07, 6.45) is 17.9. The quantitative estimate of drug-likeness (QED) is 0.213. The van der Waals surface area contributed by atoms with E-state index < -0.39 is 0 Å². The predicted molar refractivity (Wildman–Crippen MR) is 134 cm³/mol. The molecule has 6 nitrogen and oxygen atoms in total. The number of rotatable bonds is 20. The highest BCUT2D eigenvalue weighted by Crippen LogP contribution is 2.18. The summed E-state index contributed by atoms with van der Waals surface area (Å²) in [6.45, 7) is 8.45. The summed E-state index contributed by atoms with van der Waals surface area (Å²) < 4.78 is 17.0. The molecule has 2 heterocycles. The summed E-state index contributed by atoms with van der Waals surface area (Å²) in [7, 11) is 0. The Labute approximate surface area is 200 Å². The van der Waals surface area contributed by atoms with Crippen molar-refractivity contribution in [1.82, 2.24) is 15.0 Å². The number of nitrogens with zero attached hydrogens (tertiary/aromatic N) is 3. The van der Waals surface area contributed by atoms with Crippen molar-refractivity contribution in [2.75, 3.05) is 33.0 Å². The van der Waals surface area contributed by atoms with Gasteiger partial charge in [0.05, 0.1) is 24.2 Å². The van der Waals surface area contributed by atoms with Gasteiger partial charge in [-0.25, -0.2) is 4.98 Å². The molecule has 0 saturated carbocycles. The largest absolute Gasteiger partial charge is 0.478 e. The lowest BCUT2D eigenvalue weighted by molar-refractivity contribution is 0.123. The minimum Gasteiger partial charge on any atom is -0.478 e. The van der Waals surface area contributed by atoms with Gasteiger partial charge in [0, 0.05) is 50.5 Å². The fourth-order valence-corrected chi connectivity index (χ4v) is 3.32. The molecule has 0 spiro atoms. The first-order valence-corrected chi connectivity index (χ1v) is 12.9. The second-order valence-corrected chi connectivity index (χ2v) is 8.43. The molecule has 6 heteroatoms. The summed E-state index contributed by atoms with van der Waals surface area (Å²) in [5.41, 5.74) is 2.80. The molecule has 0 radical (unpaired) electrons. The minimum absolute atomic E-state index is 0.641. The third-order valence-corrected chi connectivity index (χ3v) is 5.43. The first kappa shape index (κ1) is 27.2. The van der Waals surface area contributed by atoms with Gasteiger partial charge < -0.3 is 14.2 Å². The van der Waals surface area contributed by atoms with Crippen LogP contribution in [0, 0.1) is 0 Å². The number of pyridine rings is 1. The Balaban J connectivity index is 1.59. The van der Waals surface area contributed by atoms with Crippen molar-refractivity contribution in [3.8, 4) is 17.1 Å². The lowest BCUT2D eigenvalue weighted by atomic mass is 10.2. The van der Waals surface area contributed by atoms with E-state index in [9.17, 15) is 0 Å². The average Bonchev–Trinajstić information content (AvgIpc) is 2.85. The van der Waals surface area contributed by atoms with Gasteiger partial charge in [0.2, 0.25) is 5.88 Å². The molecule has 2 aromatic heterocycles. The standard InChI is InChI=1S/C27H43N3O3/c1-3-5-7-9-17-32-18-10-8-13-25-22-29-26(23-28-25)24-14-15-27(30-21-24)33-20-12-11-19-31-16-6-4-2/h14-15,21-23H,3-13,16-20H2,1-2H3. The van der Waals surface area contributed by atoms with Crippen LogP contribution >= 0.6 is 0 Å². The molecule has 2 rings (SSSR count). The molecule has 0 aliphatic heterocycles. The highest BCUT2D eigenvalue weighted by molar-refractivity contribution is 5.56. The monoisotopic (exact) mass is 457 g/mol. The molecular weight excluding hydrogens is 414 g/mol. The zero-order valence-corrected chi connectivity index (χ0v) is 20.8. The third-order valence-electron chi connectivity index (χ3n) is 5.43. The molecule has 184 valence electrons. The van der Waals surface area contributed by atoms with E-state index in [1.807, 2.05) is 24.5 Å². The summed E-state index contributed by atoms with van der Waals surface area (Å²) >= 11 is 0. The summed E-state index contributed by atoms with van der Waals surface area (Å²) in [5.74, 6) is 0.641. The van der Waals surface area contributed by atoms with E-state index >= 15 is 0 Å². The van der Waals surface area contributed by atoms with Crippen LogP contribution in [-0.2, 0) is 15.9 Å². The molecule has 0 unspecified atom stereocenters. The Morgan fingerprint density at radius 3 is 1.97 bits per heavy atom. The summed E-state index contributed by atoms with van der Waals surface area (Å²) in [4.78, 5) is 13.5. The molecule has 0 saturated heterocycles. The smallest absolute Gasteiger partial charge is 0.213 e. The Hall–Kier alpha value is -2.05. The normalized spacial score (nSPS) is 11.1. The maximum absolute atomic E-state index is 5.73. The summed E-state index contributed by atoms with van der Waals surface area (Å²) in [6, 6.07) is 3.88. The highest BCUT2D eigenvalue weighted by Gasteiger charge is 2.04. The topological polar surface area (TPSA) is 66.4 Å². The van der Waals surface area contributed by atoms with E-state index in [1.54, 1.807) is 6.20 Å². The van der Waals surface area contributed by atoms with E-state index in [4.69, 9.17) is 14.2 Å². The van der Waals surface area contributed by atoms with Gasteiger partial charge in [0.25, 0.3) is 0 Å². The van der Waals surface area contributed by atoms with Crippen LogP contribution in [0.3, 0.4) is 0 Å². The molecule has 0 aromatic carbocycles. The van der Waals surface area contributed by atoms with E-state index in [1.165, 1.54) is 32.1 Å². The van der Waals surface area contributed by atoms with Crippen molar-refractivity contribution in [3.05, 3.63) is 36.4 Å². The Morgan fingerprint density at radius 1 is 0.606 bits per heavy atom. The molecule has 0 aliphatic carbocycles. The molecular formula is C27H43N3O3. The first-order chi connectivity index (χ1) is 16.3. The lowest BCUT2D eigenvalue weighted by Gasteiger charge is -2.07. The van der Waals surface area contributed by atoms with Gasteiger partial charge in [-0.2, -0.15) is 0 Å². The van der Waals surface area contributed by atoms with Gasteiger partial charge in [-0.1, -0.05) is 39.5 Å². The van der Waals surface area contributed by atoms with Crippen LogP contribution in [-0.4, -0.2) is 48.0 Å². The van der Waals surface area contributed by atoms with Crippen molar-refractivity contribution in [1.29, 1.82) is 0 Å². The molecule has 0 N–H and O–H groups in total. The molecule has 0 atom stereocenters. The number of aryl methyl sites for hydroxylation is 1. The van der Waals surface area contributed by atoms with Gasteiger partial charge in [-0.15, -0.1) is 0 Å². The van der Waals surface area contributed by atoms with Crippen LogP contribution in [0.25, 0.3) is 11.3 Å². The van der Waals surface area contributed by atoms with Crippen molar-refractivity contribution < 1.29 is 14.2 Å². The van der Waals surface area contributed by atoms with Crippen LogP contribution in [0.2, 0.25) is 0 Å². The number of unbranched alkanes of at least 4 members (excludes halogenated alkanes) is 6. The highest BCUT2D eigenvalue weighted by atomic mass is 16.5. The SMILES string of the molecule is CCCCCCOCCCCc1cnc(-c2ccc(OCCCCOCCCC)nc2)cn1. The maximum atomic E-state index is 5.73. The summed E-state index contributed by atoms with van der Waals surface area (Å²) in [5, 5.41) is 0. The fourth-order valence-electron chi connectivity index (χ4n) is 3.32. The predicted octanol–water partition coefficient (Wildman–Crippen LogP) is 6.43. The van der Waals surface area contributed by atoms with Gasteiger partial charge >= 0.3 is 0 Å². The van der Waals surface area contributed by atoms with Crippen molar-refractivity contribution in [3.63, 3.8) is 0 Å². The Bertz CT molecular complexity index is 708. The van der Waals surface area contributed by atoms with Gasteiger partial charge in [0.15, 0.2) is 0 Å². The van der Waals surface area contributed by atoms with E-state index in [0.29, 0.717) is 12.5 Å². The molecule has 2 aromatic rings. The number of hydrogen-bond acceptors (Lipinski definition) is 6. The maximum Gasteiger partial charge on any atom is 0.213 e. The number of aromatic nitrogens is 3. The molecule has 33 heavy (non-hydrogen) atoms. The Kier molecular flexibility index (Phi) is 15.2. The van der Waals surface area contributed by atoms with E-state index in [-0.39, 0.29) is 0 Å². The van der Waals surface area contributed by atoms with E-state index in [0.717, 1.165) is 81.9 Å². The van der Waals surface area contributed by atoms with Crippen molar-refractivity contribution in [2.45, 2.75) is 84.5 Å². The average molecular weight is 458 g/mol. The minimum atomic E-state index is 0.641. The van der Waals surface area contributed by atoms with Crippen LogP contribution in [0.1, 0.15) is 83.7 Å². The zero-order valence-electron chi connectivity index (χ0n) is 20.8. The van der Waals surface area contributed by atoms with Gasteiger partial charge in [-0.3, -0.25) is 9.97 Å². The lowest BCUT2D eigenvalue weighted by Crippen LogP contribution is -2.02. The van der Waals surface area contributed by atoms with Crippen LogP contribution < -0.4 is 4.74 Å². The van der Waals surface area contributed by atoms with Crippen LogP contribution in [0.15, 0.2) is 30.7 Å². The van der Waals surface area contributed by atoms with Crippen LogP contribution in [0.5, 0.6) is 5.88 Å². The zero-order chi connectivity index (χ0) is 23.4. The van der Waals surface area contributed by atoms with E-state index in [2.05, 4.69) is 28.8 Å². The molecule has 0 aliphatic rings. The Morgan fingerprint density at radius 2 is 1.30 bits per heavy atom. The second-order valence-electron chi connectivity index (χ2n) is 8.43. The molecule has 0 fully saturated rings. The fraction of sp³-hybridized carbons (Fsp3) is 0.667. The van der Waals surface area contributed by atoms with Crippen molar-refractivity contribution in [2.24, 2.45) is 0 Å². The molecule has 0 bridgehead atoms. The van der Waals surface area contributed by atoms with Gasteiger partial charge in [0.1, 0.15) is 0 Å². The second kappa shape index (κ2) is 18.4. The first-order valence-electron chi connectivity index (χ1n) is 12.9. The number of ether oxygens (including phenoxy) is 3. The molecule has 0 amide bonds. The van der Waals surface area contributed by atoms with Crippen LogP contribution in [0.4, 0.5) is 0 Å². The van der Waals surface area contributed by atoms with Gasteiger partial charge in [-0.05, 0) is 51.0 Å². The number of hydrogen-bond donors (Lipinski definition) is 0.